The van der Waals surface area contributed by atoms with E-state index in [0.717, 1.165) is 10.2 Å². The van der Waals surface area contributed by atoms with Crippen LogP contribution in [-0.4, -0.2) is 43.1 Å². The zero-order chi connectivity index (χ0) is 12.5. The number of pyridine rings is 1. The summed E-state index contributed by atoms with van der Waals surface area (Å²) in [5, 5.41) is -0.479. The number of aromatic nitrogens is 1. The minimum atomic E-state index is -3.10. The molecule has 1 unspecified atom stereocenters. The highest BCUT2D eigenvalue weighted by atomic mass is 79.9. The molecule has 0 amide bonds. The second kappa shape index (κ2) is 5.16. The molecule has 0 aromatic carbocycles. The summed E-state index contributed by atoms with van der Waals surface area (Å²) in [6.07, 6.45) is 2.97. The summed E-state index contributed by atoms with van der Waals surface area (Å²) in [6.45, 7) is 0.706. The highest BCUT2D eigenvalue weighted by Crippen LogP contribution is 2.30. The molecule has 2 heterocycles. The Hall–Kier alpha value is -0.270. The normalized spacial score (nSPS) is 21.5. The van der Waals surface area contributed by atoms with Crippen molar-refractivity contribution in [1.29, 1.82) is 0 Å². The van der Waals surface area contributed by atoms with E-state index in [-0.39, 0.29) is 0 Å². The highest BCUT2D eigenvalue weighted by molar-refractivity contribution is 9.10. The molecule has 1 aromatic rings. The predicted molar refractivity (Wildman–Crippen MR) is 75.2 cm³/mol. The Morgan fingerprint density at radius 1 is 1.59 bits per heavy atom. The molecule has 0 saturated carbocycles. The number of hydrogen-bond donors (Lipinski definition) is 0. The first-order chi connectivity index (χ1) is 8.00. The maximum absolute atomic E-state index is 11.8. The van der Waals surface area contributed by atoms with Crippen LogP contribution in [0.4, 0.5) is 5.82 Å². The second-order valence-electron chi connectivity index (χ2n) is 3.86. The van der Waals surface area contributed by atoms with Crippen molar-refractivity contribution in [2.24, 2.45) is 0 Å². The molecule has 0 spiro atoms. The average Bonchev–Trinajstić information content (AvgIpc) is 2.28. The van der Waals surface area contributed by atoms with Gasteiger partial charge in [0.15, 0.2) is 9.84 Å². The third kappa shape index (κ3) is 2.95. The van der Waals surface area contributed by atoms with Gasteiger partial charge in [0.1, 0.15) is 11.2 Å². The van der Waals surface area contributed by atoms with Crippen molar-refractivity contribution in [3.8, 4) is 0 Å². The van der Waals surface area contributed by atoms with Crippen molar-refractivity contribution in [2.45, 2.75) is 5.37 Å². The zero-order valence-corrected chi connectivity index (χ0v) is 12.6. The summed E-state index contributed by atoms with van der Waals surface area (Å²) < 4.78 is 24.4. The molecule has 0 radical (unpaired) electrons. The number of nitrogens with zero attached hydrogens (tertiary/aromatic N) is 2. The largest absolute Gasteiger partial charge is 0.337 e. The van der Waals surface area contributed by atoms with E-state index < -0.39 is 15.2 Å². The van der Waals surface area contributed by atoms with Crippen molar-refractivity contribution in [3.05, 3.63) is 22.8 Å². The van der Waals surface area contributed by atoms with Gasteiger partial charge in [0.05, 0.1) is 4.47 Å². The summed E-state index contributed by atoms with van der Waals surface area (Å²) in [4.78, 5) is 6.14. The maximum atomic E-state index is 11.8. The predicted octanol–water partition coefficient (Wildman–Crippen LogP) is 1.77. The van der Waals surface area contributed by atoms with Crippen molar-refractivity contribution in [3.63, 3.8) is 0 Å². The van der Waals surface area contributed by atoms with E-state index in [9.17, 15) is 8.42 Å². The average molecular weight is 337 g/mol. The van der Waals surface area contributed by atoms with Gasteiger partial charge < -0.3 is 4.90 Å². The van der Waals surface area contributed by atoms with Gasteiger partial charge in [-0.3, -0.25) is 0 Å². The van der Waals surface area contributed by atoms with Crippen LogP contribution in [0, 0.1) is 0 Å². The third-order valence-corrected chi connectivity index (χ3v) is 5.85. The first-order valence-corrected chi connectivity index (χ1v) is 9.04. The molecule has 2 rings (SSSR count). The molecule has 1 saturated heterocycles. The Kier molecular flexibility index (Phi) is 3.99. The van der Waals surface area contributed by atoms with Gasteiger partial charge in [0, 0.05) is 30.5 Å². The molecule has 0 aliphatic carbocycles. The lowest BCUT2D eigenvalue weighted by Crippen LogP contribution is -2.47. The fraction of sp³-hybridized carbons (Fsp3) is 0.500. The Labute approximate surface area is 114 Å². The van der Waals surface area contributed by atoms with Gasteiger partial charge in [-0.15, -0.1) is 0 Å². The first-order valence-electron chi connectivity index (χ1n) is 5.14. The summed E-state index contributed by atoms with van der Waals surface area (Å²) in [6, 6.07) is 3.70. The lowest BCUT2D eigenvalue weighted by Gasteiger charge is -2.35. The molecule has 1 fully saturated rings. The van der Waals surface area contributed by atoms with Crippen LogP contribution in [-0.2, 0) is 9.84 Å². The van der Waals surface area contributed by atoms with Gasteiger partial charge in [0.25, 0.3) is 0 Å². The minimum Gasteiger partial charge on any atom is -0.337 e. The summed E-state index contributed by atoms with van der Waals surface area (Å²) in [7, 11) is -3.10. The lowest BCUT2D eigenvalue weighted by atomic mass is 10.4. The SMILES string of the molecule is CS(=O)(=O)C1CSCCN1c1ncccc1Br. The Balaban J connectivity index is 2.38. The van der Waals surface area contributed by atoms with Crippen LogP contribution in [0.1, 0.15) is 0 Å². The quantitative estimate of drug-likeness (QED) is 0.823. The molecule has 7 heteroatoms. The van der Waals surface area contributed by atoms with E-state index in [0.29, 0.717) is 18.1 Å². The number of rotatable bonds is 2. The molecular weight excluding hydrogens is 324 g/mol. The number of halogens is 1. The van der Waals surface area contributed by atoms with Gasteiger partial charge in [-0.25, -0.2) is 13.4 Å². The molecule has 1 atom stereocenters. The Morgan fingerprint density at radius 2 is 2.35 bits per heavy atom. The van der Waals surface area contributed by atoms with Crippen LogP contribution < -0.4 is 4.90 Å². The van der Waals surface area contributed by atoms with E-state index in [1.807, 2.05) is 17.0 Å². The summed E-state index contributed by atoms with van der Waals surface area (Å²) in [5.41, 5.74) is 0. The second-order valence-corrected chi connectivity index (χ2v) is 8.07. The molecule has 0 bridgehead atoms. The first kappa shape index (κ1) is 13.2. The van der Waals surface area contributed by atoms with Gasteiger partial charge in [-0.05, 0) is 28.1 Å². The van der Waals surface area contributed by atoms with Crippen LogP contribution in [0.2, 0.25) is 0 Å². The van der Waals surface area contributed by atoms with E-state index in [1.165, 1.54) is 6.26 Å². The molecule has 0 N–H and O–H groups in total. The Morgan fingerprint density at radius 3 is 3.00 bits per heavy atom. The Bertz CT molecular complexity index is 507. The van der Waals surface area contributed by atoms with E-state index >= 15 is 0 Å². The molecule has 1 aliphatic heterocycles. The third-order valence-electron chi connectivity index (χ3n) is 2.59. The molecular formula is C10H13BrN2O2S2. The molecule has 1 aromatic heterocycles. The number of sulfone groups is 1. The standard InChI is InChI=1S/C10H13BrN2O2S2/c1-17(14,15)9-7-16-6-5-13(9)10-8(11)3-2-4-12-10/h2-4,9H,5-7H2,1H3. The van der Waals surface area contributed by atoms with Crippen molar-refractivity contribution in [1.82, 2.24) is 4.98 Å². The molecule has 17 heavy (non-hydrogen) atoms. The van der Waals surface area contributed by atoms with Crippen molar-refractivity contribution >= 4 is 43.3 Å². The van der Waals surface area contributed by atoms with Crippen molar-refractivity contribution in [2.75, 3.05) is 29.2 Å². The fourth-order valence-electron chi connectivity index (χ4n) is 1.77. The van der Waals surface area contributed by atoms with Gasteiger partial charge >= 0.3 is 0 Å². The smallest absolute Gasteiger partial charge is 0.169 e. The van der Waals surface area contributed by atoms with E-state index in [4.69, 9.17) is 0 Å². The molecule has 94 valence electrons. The molecule has 4 nitrogen and oxygen atoms in total. The van der Waals surface area contributed by atoms with Crippen LogP contribution in [0.15, 0.2) is 22.8 Å². The van der Waals surface area contributed by atoms with Gasteiger partial charge in [-0.2, -0.15) is 11.8 Å². The number of hydrogen-bond acceptors (Lipinski definition) is 5. The van der Waals surface area contributed by atoms with Crippen LogP contribution in [0.5, 0.6) is 0 Å². The monoisotopic (exact) mass is 336 g/mol. The van der Waals surface area contributed by atoms with Crippen LogP contribution in [0.25, 0.3) is 0 Å². The van der Waals surface area contributed by atoms with Crippen LogP contribution in [0.3, 0.4) is 0 Å². The van der Waals surface area contributed by atoms with E-state index in [2.05, 4.69) is 20.9 Å². The van der Waals surface area contributed by atoms with Crippen LogP contribution >= 0.6 is 27.7 Å². The summed E-state index contributed by atoms with van der Waals surface area (Å²) >= 11 is 5.09. The van der Waals surface area contributed by atoms with Gasteiger partial charge in [0.2, 0.25) is 0 Å². The highest BCUT2D eigenvalue weighted by Gasteiger charge is 2.32. The number of anilines is 1. The minimum absolute atomic E-state index is 0.479. The zero-order valence-electron chi connectivity index (χ0n) is 9.34. The molecule has 1 aliphatic rings. The van der Waals surface area contributed by atoms with Crippen molar-refractivity contribution < 1.29 is 8.42 Å². The van der Waals surface area contributed by atoms with E-state index in [1.54, 1.807) is 18.0 Å². The van der Waals surface area contributed by atoms with Gasteiger partial charge in [-0.1, -0.05) is 0 Å². The maximum Gasteiger partial charge on any atom is 0.169 e. The summed E-state index contributed by atoms with van der Waals surface area (Å²) in [5.74, 6) is 2.24. The fourth-order valence-corrected chi connectivity index (χ4v) is 5.07. The topological polar surface area (TPSA) is 50.3 Å². The lowest BCUT2D eigenvalue weighted by molar-refractivity contribution is 0.583. The number of thioether (sulfide) groups is 1.